The van der Waals surface area contributed by atoms with E-state index in [4.69, 9.17) is 4.74 Å². The number of morpholine rings is 1. The molecule has 1 unspecified atom stereocenters. The van der Waals surface area contributed by atoms with Gasteiger partial charge in [0.1, 0.15) is 0 Å². The monoisotopic (exact) mass is 206 g/mol. The number of likely N-dealkylation sites (tertiary alicyclic amines) is 1. The van der Waals surface area contributed by atoms with Gasteiger partial charge in [0, 0.05) is 19.1 Å². The van der Waals surface area contributed by atoms with Crippen molar-refractivity contribution < 1.29 is 4.74 Å². The number of hydrogen-bond acceptors (Lipinski definition) is 3. The molecule has 0 radical (unpaired) electrons. The molecule has 2 rings (SSSR count). The maximum Gasteiger partial charge on any atom is 0.0632 e. The van der Waals surface area contributed by atoms with Crippen molar-refractivity contribution in [2.24, 2.45) is 0 Å². The van der Waals surface area contributed by atoms with Gasteiger partial charge >= 0.3 is 0 Å². The lowest BCUT2D eigenvalue weighted by Crippen LogP contribution is -2.47. The highest BCUT2D eigenvalue weighted by atomic mass is 35.5. The Morgan fingerprint density at radius 3 is 2.69 bits per heavy atom. The van der Waals surface area contributed by atoms with Gasteiger partial charge in [-0.05, 0) is 25.9 Å². The molecule has 2 heterocycles. The average molecular weight is 207 g/mol. The summed E-state index contributed by atoms with van der Waals surface area (Å²) in [6, 6.07) is 0.580. The Balaban J connectivity index is 0.000000845. The van der Waals surface area contributed by atoms with E-state index in [-0.39, 0.29) is 12.4 Å². The first-order chi connectivity index (χ1) is 5.95. The highest BCUT2D eigenvalue weighted by Gasteiger charge is 2.18. The molecular weight excluding hydrogens is 188 g/mol. The van der Waals surface area contributed by atoms with Crippen LogP contribution < -0.4 is 5.32 Å². The third-order valence-corrected chi connectivity index (χ3v) is 2.68. The zero-order chi connectivity index (χ0) is 8.23. The molecule has 4 heteroatoms. The number of halogens is 1. The van der Waals surface area contributed by atoms with Crippen LogP contribution in [0.2, 0.25) is 0 Å². The molecule has 0 aliphatic carbocycles. The van der Waals surface area contributed by atoms with Crippen LogP contribution in [-0.4, -0.2) is 50.3 Å². The van der Waals surface area contributed by atoms with Crippen molar-refractivity contribution in [3.63, 3.8) is 0 Å². The molecule has 2 saturated heterocycles. The molecule has 0 saturated carbocycles. The summed E-state index contributed by atoms with van der Waals surface area (Å²) in [6.07, 6.45) is 2.77. The molecule has 1 atom stereocenters. The lowest BCUT2D eigenvalue weighted by atomic mass is 10.2. The summed E-state index contributed by atoms with van der Waals surface area (Å²) in [4.78, 5) is 2.53. The molecule has 0 bridgehead atoms. The fraction of sp³-hybridized carbons (Fsp3) is 1.00. The first-order valence-electron chi connectivity index (χ1n) is 4.98. The number of rotatable bonds is 2. The van der Waals surface area contributed by atoms with Gasteiger partial charge in [-0.2, -0.15) is 0 Å². The van der Waals surface area contributed by atoms with Crippen LogP contribution >= 0.6 is 12.4 Å². The predicted molar refractivity (Wildman–Crippen MR) is 55.5 cm³/mol. The second kappa shape index (κ2) is 5.81. The Morgan fingerprint density at radius 1 is 1.31 bits per heavy atom. The Labute approximate surface area is 86.2 Å². The van der Waals surface area contributed by atoms with Crippen LogP contribution in [0.5, 0.6) is 0 Å². The van der Waals surface area contributed by atoms with Gasteiger partial charge < -0.3 is 15.0 Å². The minimum atomic E-state index is 0. The van der Waals surface area contributed by atoms with E-state index >= 15 is 0 Å². The largest absolute Gasteiger partial charge is 0.378 e. The van der Waals surface area contributed by atoms with E-state index in [9.17, 15) is 0 Å². The van der Waals surface area contributed by atoms with Crippen molar-refractivity contribution in [2.75, 3.05) is 39.4 Å². The summed E-state index contributed by atoms with van der Waals surface area (Å²) in [5, 5.41) is 3.48. The molecule has 0 spiro atoms. The van der Waals surface area contributed by atoms with Crippen LogP contribution in [-0.2, 0) is 4.74 Å². The van der Waals surface area contributed by atoms with Crippen molar-refractivity contribution in [3.05, 3.63) is 0 Å². The quantitative estimate of drug-likeness (QED) is 0.712. The van der Waals surface area contributed by atoms with E-state index in [0.717, 1.165) is 19.8 Å². The minimum Gasteiger partial charge on any atom is -0.378 e. The average Bonchev–Trinajstić information content (AvgIpc) is 2.59. The topological polar surface area (TPSA) is 24.5 Å². The Bertz CT molecular complexity index is 134. The highest BCUT2D eigenvalue weighted by Crippen LogP contribution is 2.08. The van der Waals surface area contributed by atoms with Crippen molar-refractivity contribution in [3.8, 4) is 0 Å². The van der Waals surface area contributed by atoms with E-state index in [1.54, 1.807) is 0 Å². The van der Waals surface area contributed by atoms with E-state index in [1.165, 1.54) is 32.5 Å². The maximum absolute atomic E-state index is 5.40. The summed E-state index contributed by atoms with van der Waals surface area (Å²) < 4.78 is 5.40. The maximum atomic E-state index is 5.40. The zero-order valence-corrected chi connectivity index (χ0v) is 8.81. The highest BCUT2D eigenvalue weighted by molar-refractivity contribution is 5.85. The van der Waals surface area contributed by atoms with E-state index in [2.05, 4.69) is 10.2 Å². The summed E-state index contributed by atoms with van der Waals surface area (Å²) in [7, 11) is 0. The summed E-state index contributed by atoms with van der Waals surface area (Å²) >= 11 is 0. The summed E-state index contributed by atoms with van der Waals surface area (Å²) in [5.41, 5.74) is 0. The number of hydrogen-bond donors (Lipinski definition) is 1. The standard InChI is InChI=1S/C9H18N2O.ClH/c1-2-5-11(4-1)7-9-8-12-6-3-10-9;/h9-10H,1-8H2;1H. The molecule has 2 fully saturated rings. The lowest BCUT2D eigenvalue weighted by molar-refractivity contribution is 0.0651. The first-order valence-corrected chi connectivity index (χ1v) is 4.98. The normalized spacial score (nSPS) is 30.0. The molecule has 0 aromatic rings. The van der Waals surface area contributed by atoms with Crippen LogP contribution in [0, 0.1) is 0 Å². The van der Waals surface area contributed by atoms with Crippen LogP contribution in [0.1, 0.15) is 12.8 Å². The van der Waals surface area contributed by atoms with Gasteiger partial charge in [0.2, 0.25) is 0 Å². The molecule has 2 aliphatic rings. The molecule has 0 aromatic carbocycles. The van der Waals surface area contributed by atoms with Crippen molar-refractivity contribution in [1.29, 1.82) is 0 Å². The van der Waals surface area contributed by atoms with Crippen LogP contribution in [0.3, 0.4) is 0 Å². The summed E-state index contributed by atoms with van der Waals surface area (Å²) in [6.45, 7) is 6.57. The van der Waals surface area contributed by atoms with Crippen molar-refractivity contribution in [2.45, 2.75) is 18.9 Å². The molecule has 2 aliphatic heterocycles. The number of ether oxygens (including phenoxy) is 1. The fourth-order valence-electron chi connectivity index (χ4n) is 2.01. The molecule has 3 nitrogen and oxygen atoms in total. The van der Waals surface area contributed by atoms with Gasteiger partial charge in [0.05, 0.1) is 13.2 Å². The van der Waals surface area contributed by atoms with Gasteiger partial charge in [0.15, 0.2) is 0 Å². The fourth-order valence-corrected chi connectivity index (χ4v) is 2.01. The van der Waals surface area contributed by atoms with Gasteiger partial charge in [-0.25, -0.2) is 0 Å². The second-order valence-electron chi connectivity index (χ2n) is 3.73. The second-order valence-corrected chi connectivity index (χ2v) is 3.73. The lowest BCUT2D eigenvalue weighted by Gasteiger charge is -2.27. The van der Waals surface area contributed by atoms with Crippen LogP contribution in [0.4, 0.5) is 0 Å². The van der Waals surface area contributed by atoms with Crippen molar-refractivity contribution in [1.82, 2.24) is 10.2 Å². The molecule has 1 N–H and O–H groups in total. The van der Waals surface area contributed by atoms with E-state index in [1.807, 2.05) is 0 Å². The minimum absolute atomic E-state index is 0. The van der Waals surface area contributed by atoms with Crippen LogP contribution in [0.25, 0.3) is 0 Å². The Morgan fingerprint density at radius 2 is 2.08 bits per heavy atom. The number of nitrogens with zero attached hydrogens (tertiary/aromatic N) is 1. The van der Waals surface area contributed by atoms with Gasteiger partial charge in [-0.15, -0.1) is 12.4 Å². The van der Waals surface area contributed by atoms with E-state index < -0.39 is 0 Å². The molecule has 0 amide bonds. The third kappa shape index (κ3) is 3.43. The van der Waals surface area contributed by atoms with Gasteiger partial charge in [0.25, 0.3) is 0 Å². The molecule has 0 aromatic heterocycles. The zero-order valence-electron chi connectivity index (χ0n) is 8.00. The van der Waals surface area contributed by atoms with Gasteiger partial charge in [-0.1, -0.05) is 0 Å². The van der Waals surface area contributed by atoms with Gasteiger partial charge in [-0.3, -0.25) is 0 Å². The third-order valence-electron chi connectivity index (χ3n) is 2.68. The first kappa shape index (κ1) is 11.2. The predicted octanol–water partition coefficient (Wildman–Crippen LogP) is 0.492. The summed E-state index contributed by atoms with van der Waals surface area (Å²) in [5.74, 6) is 0. The van der Waals surface area contributed by atoms with Crippen LogP contribution in [0.15, 0.2) is 0 Å². The van der Waals surface area contributed by atoms with E-state index in [0.29, 0.717) is 6.04 Å². The molecule has 78 valence electrons. The number of nitrogens with one attached hydrogen (secondary N) is 1. The van der Waals surface area contributed by atoms with Crippen molar-refractivity contribution >= 4 is 12.4 Å². The molecular formula is C9H19ClN2O. The SMILES string of the molecule is C1CCN(CC2COCCN2)C1.Cl. The smallest absolute Gasteiger partial charge is 0.0632 e. The Hall–Kier alpha value is 0.170. The Kier molecular flexibility index (Phi) is 5.02. The molecule has 13 heavy (non-hydrogen) atoms.